The number of nitrogens with two attached hydrogens (primary N) is 1. The molecule has 1 saturated carbocycles. The van der Waals surface area contributed by atoms with Gasteiger partial charge in [-0.3, -0.25) is 20.9 Å². The fraction of sp³-hybridized carbons (Fsp3) is 0.467. The van der Waals surface area contributed by atoms with E-state index in [1.165, 1.54) is 25.7 Å². The molecule has 6 heteroatoms. The van der Waals surface area contributed by atoms with Crippen LogP contribution in [0.1, 0.15) is 49.2 Å². The molecule has 0 bridgehead atoms. The topological polar surface area (TPSA) is 68.8 Å². The lowest BCUT2D eigenvalue weighted by Gasteiger charge is -2.15. The molecule has 2 aromatic heterocycles. The van der Waals surface area contributed by atoms with E-state index in [1.54, 1.807) is 6.20 Å². The van der Waals surface area contributed by atoms with Gasteiger partial charge >= 0.3 is 0 Å². The van der Waals surface area contributed by atoms with Crippen molar-refractivity contribution in [2.45, 2.75) is 44.2 Å². The maximum atomic E-state index is 5.71. The van der Waals surface area contributed by atoms with E-state index in [0.29, 0.717) is 6.04 Å². The van der Waals surface area contributed by atoms with Gasteiger partial charge in [0.1, 0.15) is 0 Å². The van der Waals surface area contributed by atoms with Crippen LogP contribution in [-0.2, 0) is 6.42 Å². The molecule has 0 spiro atoms. The molecule has 5 nitrogen and oxygen atoms in total. The predicted octanol–water partition coefficient (Wildman–Crippen LogP) is 2.90. The van der Waals surface area contributed by atoms with Gasteiger partial charge in [-0.15, -0.1) is 0 Å². The van der Waals surface area contributed by atoms with Crippen LogP contribution in [0.4, 0.5) is 0 Å². The van der Waals surface area contributed by atoms with Gasteiger partial charge < -0.3 is 0 Å². The van der Waals surface area contributed by atoms with Crippen molar-refractivity contribution in [1.29, 1.82) is 0 Å². The van der Waals surface area contributed by atoms with Gasteiger partial charge in [0.25, 0.3) is 0 Å². The third kappa shape index (κ3) is 3.33. The lowest BCUT2D eigenvalue weighted by Crippen LogP contribution is -2.30. The zero-order valence-electron chi connectivity index (χ0n) is 11.9. The van der Waals surface area contributed by atoms with Crippen LogP contribution in [0.5, 0.6) is 0 Å². The summed E-state index contributed by atoms with van der Waals surface area (Å²) < 4.78 is 3.08. The van der Waals surface area contributed by atoms with Crippen LogP contribution >= 0.6 is 15.9 Å². The maximum absolute atomic E-state index is 5.71. The number of hydrogen-bond donors (Lipinski definition) is 2. The summed E-state index contributed by atoms with van der Waals surface area (Å²) in [7, 11) is 0. The number of hydrazine groups is 1. The van der Waals surface area contributed by atoms with Crippen LogP contribution in [0.15, 0.2) is 35.1 Å². The summed E-state index contributed by atoms with van der Waals surface area (Å²) in [6, 6.07) is 6.48. The molecule has 0 aromatic carbocycles. The molecule has 0 amide bonds. The summed E-state index contributed by atoms with van der Waals surface area (Å²) in [6.07, 6.45) is 9.71. The molecule has 0 aliphatic heterocycles. The van der Waals surface area contributed by atoms with Gasteiger partial charge in [0.2, 0.25) is 0 Å². The SMILES string of the molecule is NNC(Cc1ccn(C2CCCC2)n1)c1ncccc1Br. The first-order valence-electron chi connectivity index (χ1n) is 7.38. The molecule has 2 aromatic rings. The molecular weight excluding hydrogens is 330 g/mol. The molecule has 3 N–H and O–H groups in total. The smallest absolute Gasteiger partial charge is 0.0732 e. The first-order chi connectivity index (χ1) is 10.3. The minimum absolute atomic E-state index is 0.0486. The number of halogens is 1. The molecule has 1 atom stereocenters. The van der Waals surface area contributed by atoms with E-state index in [-0.39, 0.29) is 6.04 Å². The van der Waals surface area contributed by atoms with Crippen LogP contribution in [-0.4, -0.2) is 14.8 Å². The van der Waals surface area contributed by atoms with Crippen LogP contribution in [0.2, 0.25) is 0 Å². The van der Waals surface area contributed by atoms with Crippen molar-refractivity contribution < 1.29 is 0 Å². The third-order valence-electron chi connectivity index (χ3n) is 4.09. The average molecular weight is 350 g/mol. The molecule has 2 heterocycles. The molecule has 0 saturated heterocycles. The summed E-state index contributed by atoms with van der Waals surface area (Å²) >= 11 is 3.53. The first kappa shape index (κ1) is 14.7. The van der Waals surface area contributed by atoms with Gasteiger partial charge in [-0.1, -0.05) is 12.8 Å². The first-order valence-corrected chi connectivity index (χ1v) is 8.18. The van der Waals surface area contributed by atoms with Crippen LogP contribution in [0.25, 0.3) is 0 Å². The molecule has 1 unspecified atom stereocenters. The fourth-order valence-electron chi connectivity index (χ4n) is 2.96. The Morgan fingerprint density at radius 3 is 2.90 bits per heavy atom. The average Bonchev–Trinajstić information content (AvgIpc) is 3.16. The second-order valence-electron chi connectivity index (χ2n) is 5.52. The minimum atomic E-state index is -0.0486. The van der Waals surface area contributed by atoms with E-state index in [4.69, 9.17) is 10.9 Å². The Hall–Kier alpha value is -1.24. The van der Waals surface area contributed by atoms with Crippen LogP contribution in [0, 0.1) is 0 Å². The Labute approximate surface area is 133 Å². The number of aromatic nitrogens is 3. The van der Waals surface area contributed by atoms with E-state index in [0.717, 1.165) is 22.3 Å². The Bertz CT molecular complexity index is 591. The molecule has 1 aliphatic carbocycles. The predicted molar refractivity (Wildman–Crippen MR) is 85.4 cm³/mol. The fourth-order valence-corrected chi connectivity index (χ4v) is 3.49. The Morgan fingerprint density at radius 2 is 2.19 bits per heavy atom. The van der Waals surface area contributed by atoms with E-state index >= 15 is 0 Å². The number of nitrogens with zero attached hydrogens (tertiary/aromatic N) is 3. The summed E-state index contributed by atoms with van der Waals surface area (Å²) in [5, 5.41) is 4.71. The third-order valence-corrected chi connectivity index (χ3v) is 4.76. The molecule has 1 aliphatic rings. The van der Waals surface area contributed by atoms with Crippen molar-refractivity contribution in [2.75, 3.05) is 0 Å². The van der Waals surface area contributed by atoms with Gasteiger partial charge in [0.15, 0.2) is 0 Å². The van der Waals surface area contributed by atoms with Crippen molar-refractivity contribution in [3.63, 3.8) is 0 Å². The number of rotatable bonds is 5. The summed E-state index contributed by atoms with van der Waals surface area (Å²) in [6.45, 7) is 0. The van der Waals surface area contributed by atoms with Crippen molar-refractivity contribution in [3.05, 3.63) is 46.5 Å². The van der Waals surface area contributed by atoms with E-state index < -0.39 is 0 Å². The normalized spacial score (nSPS) is 17.2. The molecule has 3 rings (SSSR count). The molecule has 1 fully saturated rings. The molecular formula is C15H20BrN5. The number of hydrogen-bond acceptors (Lipinski definition) is 4. The lowest BCUT2D eigenvalue weighted by molar-refractivity contribution is 0.456. The molecule has 21 heavy (non-hydrogen) atoms. The highest BCUT2D eigenvalue weighted by Gasteiger charge is 2.20. The number of nitrogens with one attached hydrogen (secondary N) is 1. The summed E-state index contributed by atoms with van der Waals surface area (Å²) in [5.41, 5.74) is 4.80. The van der Waals surface area contributed by atoms with Gasteiger partial charge in [-0.25, -0.2) is 0 Å². The highest BCUT2D eigenvalue weighted by Crippen LogP contribution is 2.29. The van der Waals surface area contributed by atoms with Gasteiger partial charge in [0.05, 0.1) is 23.5 Å². The highest BCUT2D eigenvalue weighted by atomic mass is 79.9. The zero-order chi connectivity index (χ0) is 14.7. The van der Waals surface area contributed by atoms with Crippen LogP contribution in [0.3, 0.4) is 0 Å². The maximum Gasteiger partial charge on any atom is 0.0732 e. The Morgan fingerprint density at radius 1 is 1.38 bits per heavy atom. The molecule has 0 radical (unpaired) electrons. The van der Waals surface area contributed by atoms with E-state index in [1.807, 2.05) is 12.1 Å². The number of pyridine rings is 1. The quantitative estimate of drug-likeness (QED) is 0.643. The van der Waals surface area contributed by atoms with Gasteiger partial charge in [-0.05, 0) is 47.0 Å². The monoisotopic (exact) mass is 349 g/mol. The summed E-state index contributed by atoms with van der Waals surface area (Å²) in [4.78, 5) is 4.41. The lowest BCUT2D eigenvalue weighted by atomic mass is 10.1. The Kier molecular flexibility index (Phi) is 4.67. The van der Waals surface area contributed by atoms with E-state index in [2.05, 4.69) is 43.3 Å². The second kappa shape index (κ2) is 6.68. The summed E-state index contributed by atoms with van der Waals surface area (Å²) in [5.74, 6) is 5.71. The van der Waals surface area contributed by atoms with Gasteiger partial charge in [-0.2, -0.15) is 5.10 Å². The van der Waals surface area contributed by atoms with Gasteiger partial charge in [0, 0.05) is 23.3 Å². The van der Waals surface area contributed by atoms with Crippen molar-refractivity contribution in [2.24, 2.45) is 5.84 Å². The van der Waals surface area contributed by atoms with Crippen molar-refractivity contribution in [1.82, 2.24) is 20.2 Å². The highest BCUT2D eigenvalue weighted by molar-refractivity contribution is 9.10. The van der Waals surface area contributed by atoms with E-state index in [9.17, 15) is 0 Å². The molecule has 112 valence electrons. The van der Waals surface area contributed by atoms with Crippen molar-refractivity contribution >= 4 is 15.9 Å². The minimum Gasteiger partial charge on any atom is -0.271 e. The van der Waals surface area contributed by atoms with Crippen molar-refractivity contribution in [3.8, 4) is 0 Å². The zero-order valence-corrected chi connectivity index (χ0v) is 13.5. The standard InChI is InChI=1S/C15H20BrN5/c16-13-6-3-8-18-15(13)14(19-17)10-11-7-9-21(20-11)12-4-1-2-5-12/h3,6-9,12,14,19H,1-2,4-5,10,17H2. The largest absolute Gasteiger partial charge is 0.271 e. The second-order valence-corrected chi connectivity index (χ2v) is 6.37. The van der Waals surface area contributed by atoms with Crippen LogP contribution < -0.4 is 11.3 Å². The Balaban J connectivity index is 1.74.